The Morgan fingerprint density at radius 3 is 2.73 bits per heavy atom. The molecule has 0 saturated heterocycles. The average Bonchev–Trinajstić information content (AvgIpc) is 2.63. The van der Waals surface area contributed by atoms with Crippen LogP contribution >= 0.6 is 0 Å². The number of carbonyl (C=O) groups is 1. The summed E-state index contributed by atoms with van der Waals surface area (Å²) in [6.07, 6.45) is 0.362. The van der Waals surface area contributed by atoms with Gasteiger partial charge < -0.3 is 15.0 Å². The minimum Gasteiger partial charge on any atom is -0.497 e. The first-order valence-corrected chi connectivity index (χ1v) is 8.27. The highest BCUT2D eigenvalue weighted by atomic mass is 19.1. The number of hydrogen-bond acceptors (Lipinski definition) is 3. The summed E-state index contributed by atoms with van der Waals surface area (Å²) in [4.78, 5) is 27.0. The van der Waals surface area contributed by atoms with Gasteiger partial charge in [-0.25, -0.2) is 4.39 Å². The van der Waals surface area contributed by atoms with Crippen molar-refractivity contribution in [3.05, 3.63) is 75.8 Å². The molecule has 0 aliphatic rings. The van der Waals surface area contributed by atoms with Gasteiger partial charge in [-0.3, -0.25) is 9.59 Å². The van der Waals surface area contributed by atoms with Crippen molar-refractivity contribution in [3.63, 3.8) is 0 Å². The zero-order valence-corrected chi connectivity index (χ0v) is 14.3. The van der Waals surface area contributed by atoms with Gasteiger partial charge in [0.15, 0.2) is 0 Å². The number of pyridine rings is 1. The SMILES string of the molecule is COc1ccc2cc(CCNC(=O)Cc3ccccc3F)c(=O)[nH]c2c1. The van der Waals surface area contributed by atoms with E-state index in [2.05, 4.69) is 10.3 Å². The summed E-state index contributed by atoms with van der Waals surface area (Å²) >= 11 is 0. The van der Waals surface area contributed by atoms with Gasteiger partial charge in [-0.05, 0) is 41.6 Å². The van der Waals surface area contributed by atoms with Crippen molar-refractivity contribution in [2.45, 2.75) is 12.8 Å². The lowest BCUT2D eigenvalue weighted by molar-refractivity contribution is -0.120. The highest BCUT2D eigenvalue weighted by molar-refractivity contribution is 5.80. The summed E-state index contributed by atoms with van der Waals surface area (Å²) in [5.74, 6) is -0.0117. The molecular formula is C20H19FN2O3. The van der Waals surface area contributed by atoms with E-state index in [4.69, 9.17) is 4.74 Å². The average molecular weight is 354 g/mol. The molecule has 0 saturated carbocycles. The fraction of sp³-hybridized carbons (Fsp3) is 0.200. The van der Waals surface area contributed by atoms with E-state index in [0.717, 1.165) is 5.39 Å². The number of ether oxygens (including phenoxy) is 1. The number of nitrogens with one attached hydrogen (secondary N) is 2. The van der Waals surface area contributed by atoms with Gasteiger partial charge in [-0.2, -0.15) is 0 Å². The first-order chi connectivity index (χ1) is 12.6. The maximum atomic E-state index is 13.6. The Bertz CT molecular complexity index is 998. The Labute approximate surface area is 149 Å². The number of rotatable bonds is 6. The molecule has 5 nitrogen and oxygen atoms in total. The molecule has 6 heteroatoms. The molecule has 134 valence electrons. The molecule has 3 rings (SSSR count). The zero-order chi connectivity index (χ0) is 18.5. The summed E-state index contributed by atoms with van der Waals surface area (Å²) in [5.41, 5.74) is 1.42. The van der Waals surface area contributed by atoms with E-state index < -0.39 is 5.82 Å². The van der Waals surface area contributed by atoms with Crippen molar-refractivity contribution < 1.29 is 13.9 Å². The number of benzene rings is 2. The number of amides is 1. The first-order valence-electron chi connectivity index (χ1n) is 8.27. The maximum absolute atomic E-state index is 13.6. The fourth-order valence-electron chi connectivity index (χ4n) is 2.75. The summed E-state index contributed by atoms with van der Waals surface area (Å²) in [7, 11) is 1.57. The minimum atomic E-state index is -0.399. The van der Waals surface area contributed by atoms with Gasteiger partial charge in [0.25, 0.3) is 5.56 Å². The molecule has 0 unspecified atom stereocenters. The van der Waals surface area contributed by atoms with Crippen LogP contribution in [0, 0.1) is 5.82 Å². The van der Waals surface area contributed by atoms with Gasteiger partial charge in [0.05, 0.1) is 19.0 Å². The van der Waals surface area contributed by atoms with E-state index in [1.54, 1.807) is 37.4 Å². The number of aromatic amines is 1. The Hall–Kier alpha value is -3.15. The molecule has 0 aliphatic heterocycles. The Morgan fingerprint density at radius 2 is 1.96 bits per heavy atom. The molecular weight excluding hydrogens is 335 g/mol. The van der Waals surface area contributed by atoms with Crippen molar-refractivity contribution in [3.8, 4) is 5.75 Å². The van der Waals surface area contributed by atoms with Crippen molar-refractivity contribution >= 4 is 16.8 Å². The van der Waals surface area contributed by atoms with Crippen LogP contribution in [-0.2, 0) is 17.6 Å². The second-order valence-corrected chi connectivity index (χ2v) is 5.95. The van der Waals surface area contributed by atoms with Crippen LogP contribution in [0.25, 0.3) is 10.9 Å². The quantitative estimate of drug-likeness (QED) is 0.715. The largest absolute Gasteiger partial charge is 0.497 e. The normalized spacial score (nSPS) is 10.7. The van der Waals surface area contributed by atoms with E-state index >= 15 is 0 Å². The van der Waals surface area contributed by atoms with Crippen LogP contribution in [0.4, 0.5) is 4.39 Å². The van der Waals surface area contributed by atoms with Crippen LogP contribution in [-0.4, -0.2) is 24.5 Å². The first kappa shape index (κ1) is 17.7. The van der Waals surface area contributed by atoms with Crippen molar-refractivity contribution in [2.24, 2.45) is 0 Å². The lowest BCUT2D eigenvalue weighted by Crippen LogP contribution is -2.29. The Morgan fingerprint density at radius 1 is 1.15 bits per heavy atom. The highest BCUT2D eigenvalue weighted by Gasteiger charge is 2.08. The van der Waals surface area contributed by atoms with E-state index in [1.165, 1.54) is 6.07 Å². The molecule has 0 aliphatic carbocycles. The smallest absolute Gasteiger partial charge is 0.251 e. The predicted octanol–water partition coefficient (Wildman–Crippen LogP) is 2.58. The van der Waals surface area contributed by atoms with E-state index in [1.807, 2.05) is 12.1 Å². The summed E-state index contributed by atoms with van der Waals surface area (Å²) in [6, 6.07) is 13.4. The van der Waals surface area contributed by atoms with Gasteiger partial charge in [-0.15, -0.1) is 0 Å². The predicted molar refractivity (Wildman–Crippen MR) is 97.9 cm³/mol. The lowest BCUT2D eigenvalue weighted by atomic mass is 10.1. The maximum Gasteiger partial charge on any atom is 0.251 e. The molecule has 2 N–H and O–H groups in total. The summed E-state index contributed by atoms with van der Waals surface area (Å²) in [6.45, 7) is 0.304. The van der Waals surface area contributed by atoms with Gasteiger partial charge in [-0.1, -0.05) is 18.2 Å². The molecule has 0 bridgehead atoms. The zero-order valence-electron chi connectivity index (χ0n) is 14.3. The number of aromatic nitrogens is 1. The number of methoxy groups -OCH3 is 1. The molecule has 0 spiro atoms. The molecule has 1 amide bonds. The highest BCUT2D eigenvalue weighted by Crippen LogP contribution is 2.18. The van der Waals surface area contributed by atoms with Gasteiger partial charge in [0, 0.05) is 18.2 Å². The fourth-order valence-corrected chi connectivity index (χ4v) is 2.75. The number of hydrogen-bond donors (Lipinski definition) is 2. The van der Waals surface area contributed by atoms with Crippen LogP contribution < -0.4 is 15.6 Å². The van der Waals surface area contributed by atoms with Crippen LogP contribution in [0.5, 0.6) is 5.75 Å². The number of fused-ring (bicyclic) bond motifs is 1. The van der Waals surface area contributed by atoms with Gasteiger partial charge >= 0.3 is 0 Å². The van der Waals surface area contributed by atoms with E-state index in [9.17, 15) is 14.0 Å². The van der Waals surface area contributed by atoms with Crippen molar-refractivity contribution in [1.82, 2.24) is 10.3 Å². The van der Waals surface area contributed by atoms with Gasteiger partial charge in [0.2, 0.25) is 5.91 Å². The molecule has 2 aromatic carbocycles. The van der Waals surface area contributed by atoms with E-state index in [0.29, 0.717) is 35.4 Å². The second-order valence-electron chi connectivity index (χ2n) is 5.95. The third-order valence-corrected chi connectivity index (χ3v) is 4.16. The topological polar surface area (TPSA) is 71.2 Å². The van der Waals surface area contributed by atoms with Crippen LogP contribution in [0.2, 0.25) is 0 Å². The van der Waals surface area contributed by atoms with Crippen molar-refractivity contribution in [2.75, 3.05) is 13.7 Å². The third kappa shape index (κ3) is 4.08. The minimum absolute atomic E-state index is 0.0272. The molecule has 0 fully saturated rings. The summed E-state index contributed by atoms with van der Waals surface area (Å²) < 4.78 is 18.7. The standard InChI is InChI=1S/C20H19FN2O3/c1-26-16-7-6-14-10-15(20(25)23-18(14)12-16)8-9-22-19(24)11-13-4-2-3-5-17(13)21/h2-7,10,12H,8-9,11H2,1H3,(H,22,24)(H,23,25). The molecule has 3 aromatic rings. The van der Waals surface area contributed by atoms with Crippen LogP contribution in [0.1, 0.15) is 11.1 Å². The number of H-pyrrole nitrogens is 1. The molecule has 26 heavy (non-hydrogen) atoms. The molecule has 1 heterocycles. The number of halogens is 1. The summed E-state index contributed by atoms with van der Waals surface area (Å²) in [5, 5.41) is 3.61. The van der Waals surface area contributed by atoms with Gasteiger partial charge in [0.1, 0.15) is 11.6 Å². The molecule has 0 atom stereocenters. The Kier molecular flexibility index (Phi) is 5.31. The van der Waals surface area contributed by atoms with Crippen molar-refractivity contribution in [1.29, 1.82) is 0 Å². The second kappa shape index (κ2) is 7.82. The monoisotopic (exact) mass is 354 g/mol. The van der Waals surface area contributed by atoms with E-state index in [-0.39, 0.29) is 17.9 Å². The number of carbonyl (C=O) groups excluding carboxylic acids is 1. The third-order valence-electron chi connectivity index (χ3n) is 4.16. The molecule has 0 radical (unpaired) electrons. The van der Waals surface area contributed by atoms with Crippen LogP contribution in [0.15, 0.2) is 53.3 Å². The lowest BCUT2D eigenvalue weighted by Gasteiger charge is -2.07. The Balaban J connectivity index is 1.62. The molecule has 1 aromatic heterocycles. The van der Waals surface area contributed by atoms with Crippen LogP contribution in [0.3, 0.4) is 0 Å².